The van der Waals surface area contributed by atoms with Crippen molar-refractivity contribution >= 4 is 11.9 Å². The van der Waals surface area contributed by atoms with E-state index in [9.17, 15) is 10.1 Å². The van der Waals surface area contributed by atoms with E-state index in [-0.39, 0.29) is 10.7 Å². The third-order valence-electron chi connectivity index (χ3n) is 5.22. The van der Waals surface area contributed by atoms with Gasteiger partial charge in [-0.15, -0.1) is 0 Å². The van der Waals surface area contributed by atoms with Gasteiger partial charge in [-0.25, -0.2) is 9.55 Å². The van der Waals surface area contributed by atoms with Crippen molar-refractivity contribution in [2.75, 3.05) is 0 Å². The van der Waals surface area contributed by atoms with E-state index in [1.807, 2.05) is 6.08 Å². The van der Waals surface area contributed by atoms with Gasteiger partial charge in [0.15, 0.2) is 0 Å². The zero-order valence-electron chi connectivity index (χ0n) is 15.0. The summed E-state index contributed by atoms with van der Waals surface area (Å²) in [7, 11) is 1.70. The van der Waals surface area contributed by atoms with E-state index < -0.39 is 0 Å². The molecule has 1 heterocycles. The molecule has 1 aromatic heterocycles. The zero-order chi connectivity index (χ0) is 17.6. The molecule has 1 aromatic rings. The fraction of sp³-hybridized carbons (Fsp3) is 0.550. The lowest BCUT2D eigenvalue weighted by atomic mass is 9.90. The monoisotopic (exact) mass is 341 g/mol. The standard InChI is InChI=1S/C20H27N3O2/c1-22-19(21-15-20(22)23(24)25)14-18(12-16-8-4-2-5-9-16)13-17-10-6-3-7-11-17/h12-15H,2-11H2,1H3. The van der Waals surface area contributed by atoms with Gasteiger partial charge in [-0.05, 0) is 61.9 Å². The van der Waals surface area contributed by atoms with Gasteiger partial charge in [0.1, 0.15) is 6.20 Å². The number of imidazole rings is 1. The molecule has 0 N–H and O–H groups in total. The number of hydrogen-bond acceptors (Lipinski definition) is 3. The third kappa shape index (κ3) is 4.68. The maximum Gasteiger partial charge on any atom is 0.342 e. The third-order valence-corrected chi connectivity index (χ3v) is 5.22. The van der Waals surface area contributed by atoms with Gasteiger partial charge in [0.2, 0.25) is 5.82 Å². The molecule has 2 aliphatic rings. The van der Waals surface area contributed by atoms with Crippen molar-refractivity contribution in [1.82, 2.24) is 9.55 Å². The molecule has 5 heteroatoms. The summed E-state index contributed by atoms with van der Waals surface area (Å²) in [6.07, 6.45) is 20.3. The molecular formula is C20H27N3O2. The fourth-order valence-electron chi connectivity index (χ4n) is 3.76. The SMILES string of the molecule is Cn1c([N+](=O)[O-])cnc1C=C(C=C1CCCCC1)C=C1CCCCC1. The zero-order valence-corrected chi connectivity index (χ0v) is 15.0. The molecule has 0 bridgehead atoms. The molecule has 2 fully saturated rings. The Hall–Kier alpha value is -2.17. The Kier molecular flexibility index (Phi) is 5.84. The number of allylic oxidation sites excluding steroid dienone is 5. The van der Waals surface area contributed by atoms with Crippen molar-refractivity contribution in [2.24, 2.45) is 7.05 Å². The summed E-state index contributed by atoms with van der Waals surface area (Å²) in [5, 5.41) is 11.1. The molecule has 0 saturated heterocycles. The van der Waals surface area contributed by atoms with Crippen molar-refractivity contribution in [2.45, 2.75) is 64.2 Å². The average Bonchev–Trinajstić information content (AvgIpc) is 2.97. The molecule has 2 saturated carbocycles. The van der Waals surface area contributed by atoms with E-state index in [4.69, 9.17) is 0 Å². The number of nitrogens with zero attached hydrogens (tertiary/aromatic N) is 3. The van der Waals surface area contributed by atoms with Crippen LogP contribution >= 0.6 is 0 Å². The number of aromatic nitrogens is 2. The molecule has 2 aliphatic carbocycles. The average molecular weight is 341 g/mol. The van der Waals surface area contributed by atoms with Crippen LogP contribution < -0.4 is 0 Å². The van der Waals surface area contributed by atoms with Crippen LogP contribution in [0.2, 0.25) is 0 Å². The normalized spacial score (nSPS) is 18.0. The van der Waals surface area contributed by atoms with E-state index in [0.717, 1.165) is 5.57 Å². The van der Waals surface area contributed by atoms with Crippen LogP contribution in [0, 0.1) is 10.1 Å². The quantitative estimate of drug-likeness (QED) is 0.537. The van der Waals surface area contributed by atoms with Gasteiger partial charge in [-0.1, -0.05) is 36.1 Å². The van der Waals surface area contributed by atoms with Crippen molar-refractivity contribution in [3.05, 3.63) is 51.0 Å². The molecule has 0 amide bonds. The van der Waals surface area contributed by atoms with Gasteiger partial charge in [-0.2, -0.15) is 0 Å². The second-order valence-electron chi connectivity index (χ2n) is 7.16. The molecule has 5 nitrogen and oxygen atoms in total. The van der Waals surface area contributed by atoms with Crippen LogP contribution in [-0.4, -0.2) is 14.5 Å². The van der Waals surface area contributed by atoms with E-state index >= 15 is 0 Å². The predicted octanol–water partition coefficient (Wildman–Crippen LogP) is 5.49. The summed E-state index contributed by atoms with van der Waals surface area (Å²) in [6.45, 7) is 0. The van der Waals surface area contributed by atoms with Crippen molar-refractivity contribution in [3.8, 4) is 0 Å². The van der Waals surface area contributed by atoms with E-state index in [2.05, 4.69) is 17.1 Å². The maximum atomic E-state index is 11.1. The van der Waals surface area contributed by atoms with Gasteiger partial charge in [0, 0.05) is 6.08 Å². The van der Waals surface area contributed by atoms with Crippen molar-refractivity contribution in [1.29, 1.82) is 0 Å². The lowest BCUT2D eigenvalue weighted by Gasteiger charge is -2.16. The minimum atomic E-state index is -0.386. The summed E-state index contributed by atoms with van der Waals surface area (Å²) >= 11 is 0. The lowest BCUT2D eigenvalue weighted by molar-refractivity contribution is -0.391. The minimum absolute atomic E-state index is 0.0289. The molecule has 0 spiro atoms. The molecule has 0 aliphatic heterocycles. The molecule has 0 radical (unpaired) electrons. The Balaban J connectivity index is 1.93. The summed E-state index contributed by atoms with van der Waals surface area (Å²) in [6, 6.07) is 0. The topological polar surface area (TPSA) is 61.0 Å². The van der Waals surface area contributed by atoms with Gasteiger partial charge < -0.3 is 10.1 Å². The van der Waals surface area contributed by atoms with Crippen LogP contribution in [-0.2, 0) is 7.05 Å². The lowest BCUT2D eigenvalue weighted by Crippen LogP contribution is -2.00. The first-order chi connectivity index (χ1) is 12.1. The molecule has 25 heavy (non-hydrogen) atoms. The largest absolute Gasteiger partial charge is 0.358 e. The van der Waals surface area contributed by atoms with E-state index in [1.165, 1.54) is 81.6 Å². The molecule has 0 unspecified atom stereocenters. The molecule has 134 valence electrons. The van der Waals surface area contributed by atoms with Gasteiger partial charge in [-0.3, -0.25) is 0 Å². The number of rotatable bonds is 4. The molecule has 0 atom stereocenters. The summed E-state index contributed by atoms with van der Waals surface area (Å²) in [4.78, 5) is 14.9. The Morgan fingerprint density at radius 2 is 1.56 bits per heavy atom. The first-order valence-electron chi connectivity index (χ1n) is 9.40. The second-order valence-corrected chi connectivity index (χ2v) is 7.16. The number of nitro groups is 1. The van der Waals surface area contributed by atoms with E-state index in [1.54, 1.807) is 11.6 Å². The van der Waals surface area contributed by atoms with E-state index in [0.29, 0.717) is 5.82 Å². The first kappa shape index (κ1) is 17.6. The fourth-order valence-corrected chi connectivity index (χ4v) is 3.76. The highest BCUT2D eigenvalue weighted by atomic mass is 16.6. The Bertz CT molecular complexity index is 679. The van der Waals surface area contributed by atoms with Gasteiger partial charge in [0.05, 0.1) is 7.05 Å². The van der Waals surface area contributed by atoms with Crippen LogP contribution in [0.1, 0.15) is 70.0 Å². The van der Waals surface area contributed by atoms with Gasteiger partial charge in [0.25, 0.3) is 0 Å². The highest BCUT2D eigenvalue weighted by Crippen LogP contribution is 2.28. The molecule has 0 aromatic carbocycles. The van der Waals surface area contributed by atoms with Crippen LogP contribution in [0.15, 0.2) is 35.1 Å². The summed E-state index contributed by atoms with van der Waals surface area (Å²) < 4.78 is 1.55. The summed E-state index contributed by atoms with van der Waals surface area (Å²) in [5.41, 5.74) is 4.13. The van der Waals surface area contributed by atoms with Crippen LogP contribution in [0.5, 0.6) is 0 Å². The summed E-state index contributed by atoms with van der Waals surface area (Å²) in [5.74, 6) is 0.670. The Morgan fingerprint density at radius 3 is 2.00 bits per heavy atom. The van der Waals surface area contributed by atoms with Gasteiger partial charge >= 0.3 is 5.82 Å². The highest BCUT2D eigenvalue weighted by molar-refractivity contribution is 5.57. The van der Waals surface area contributed by atoms with Crippen LogP contribution in [0.25, 0.3) is 6.08 Å². The number of hydrogen-bond donors (Lipinski definition) is 0. The minimum Gasteiger partial charge on any atom is -0.358 e. The Morgan fingerprint density at radius 1 is 1.04 bits per heavy atom. The maximum absolute atomic E-state index is 11.1. The Labute approximate surface area is 149 Å². The first-order valence-corrected chi connectivity index (χ1v) is 9.40. The molecular weight excluding hydrogens is 314 g/mol. The smallest absolute Gasteiger partial charge is 0.342 e. The van der Waals surface area contributed by atoms with Crippen molar-refractivity contribution in [3.63, 3.8) is 0 Å². The molecule has 3 rings (SSSR count). The predicted molar refractivity (Wildman–Crippen MR) is 100 cm³/mol. The van der Waals surface area contributed by atoms with Crippen molar-refractivity contribution < 1.29 is 4.92 Å². The highest BCUT2D eigenvalue weighted by Gasteiger charge is 2.15. The van der Waals surface area contributed by atoms with Crippen LogP contribution in [0.4, 0.5) is 5.82 Å². The second kappa shape index (κ2) is 8.28. The van der Waals surface area contributed by atoms with Crippen LogP contribution in [0.3, 0.4) is 0 Å².